The summed E-state index contributed by atoms with van der Waals surface area (Å²) in [7, 11) is 1.92. The van der Waals surface area contributed by atoms with Crippen molar-refractivity contribution in [3.05, 3.63) is 53.7 Å². The summed E-state index contributed by atoms with van der Waals surface area (Å²) < 4.78 is 5.82. The van der Waals surface area contributed by atoms with Gasteiger partial charge in [-0.1, -0.05) is 39.0 Å². The van der Waals surface area contributed by atoms with Gasteiger partial charge in [-0.05, 0) is 35.7 Å². The predicted molar refractivity (Wildman–Crippen MR) is 82.2 cm³/mol. The monoisotopic (exact) mass is 270 g/mol. The van der Waals surface area contributed by atoms with Gasteiger partial charge in [-0.2, -0.15) is 0 Å². The van der Waals surface area contributed by atoms with Crippen LogP contribution in [0.4, 0.5) is 0 Å². The Kier molecular flexibility index (Phi) is 4.40. The molecule has 0 aliphatic heterocycles. The number of nitrogens with one attached hydrogen (secondary N) is 1. The fraction of sp³-hybridized carbons (Fsp3) is 0.353. The Morgan fingerprint density at radius 1 is 1.15 bits per heavy atom. The topological polar surface area (TPSA) is 34.1 Å². The summed E-state index contributed by atoms with van der Waals surface area (Å²) in [5.74, 6) is 1.45. The SMILES string of the molecule is CNCc1ccc(Oc2cccc(C(C)(C)C)c2)nc1. The Balaban J connectivity index is 2.13. The van der Waals surface area contributed by atoms with Crippen LogP contribution in [0.3, 0.4) is 0 Å². The van der Waals surface area contributed by atoms with Gasteiger partial charge in [0.15, 0.2) is 0 Å². The summed E-state index contributed by atoms with van der Waals surface area (Å²) in [5, 5.41) is 3.10. The van der Waals surface area contributed by atoms with Crippen molar-refractivity contribution in [3.63, 3.8) is 0 Å². The molecule has 0 bridgehead atoms. The molecule has 0 fully saturated rings. The lowest BCUT2D eigenvalue weighted by Crippen LogP contribution is -2.10. The number of pyridine rings is 1. The number of ether oxygens (including phenoxy) is 1. The zero-order valence-electron chi connectivity index (χ0n) is 12.6. The van der Waals surface area contributed by atoms with E-state index in [1.807, 2.05) is 37.5 Å². The van der Waals surface area contributed by atoms with Gasteiger partial charge in [-0.15, -0.1) is 0 Å². The summed E-state index contributed by atoms with van der Waals surface area (Å²) in [6.07, 6.45) is 1.83. The second-order valence-electron chi connectivity index (χ2n) is 5.91. The van der Waals surface area contributed by atoms with Gasteiger partial charge in [0.25, 0.3) is 0 Å². The van der Waals surface area contributed by atoms with Crippen LogP contribution in [0, 0.1) is 0 Å². The molecule has 0 amide bonds. The number of hydrogen-bond donors (Lipinski definition) is 1. The third-order valence-corrected chi connectivity index (χ3v) is 3.10. The Hall–Kier alpha value is -1.87. The van der Waals surface area contributed by atoms with Gasteiger partial charge in [0.05, 0.1) is 0 Å². The first-order chi connectivity index (χ1) is 9.49. The quantitative estimate of drug-likeness (QED) is 0.915. The zero-order valence-corrected chi connectivity index (χ0v) is 12.6. The van der Waals surface area contributed by atoms with Crippen LogP contribution in [-0.4, -0.2) is 12.0 Å². The third-order valence-electron chi connectivity index (χ3n) is 3.10. The smallest absolute Gasteiger partial charge is 0.219 e. The van der Waals surface area contributed by atoms with Gasteiger partial charge < -0.3 is 10.1 Å². The van der Waals surface area contributed by atoms with Crippen LogP contribution in [0.1, 0.15) is 31.9 Å². The molecular formula is C17H22N2O. The van der Waals surface area contributed by atoms with Gasteiger partial charge in [-0.25, -0.2) is 4.98 Å². The minimum Gasteiger partial charge on any atom is -0.439 e. The Labute approximate surface area is 121 Å². The Morgan fingerprint density at radius 3 is 2.55 bits per heavy atom. The predicted octanol–water partition coefficient (Wildman–Crippen LogP) is 3.89. The minimum atomic E-state index is 0.115. The highest BCUT2D eigenvalue weighted by Gasteiger charge is 2.14. The van der Waals surface area contributed by atoms with Crippen LogP contribution < -0.4 is 10.1 Å². The molecule has 0 aliphatic rings. The molecule has 1 aromatic heterocycles. The molecule has 0 aliphatic carbocycles. The first-order valence-electron chi connectivity index (χ1n) is 6.87. The highest BCUT2D eigenvalue weighted by Crippen LogP contribution is 2.27. The molecule has 0 unspecified atom stereocenters. The van der Waals surface area contributed by atoms with E-state index in [0.29, 0.717) is 5.88 Å². The second-order valence-corrected chi connectivity index (χ2v) is 5.91. The van der Waals surface area contributed by atoms with Gasteiger partial charge in [-0.3, -0.25) is 0 Å². The summed E-state index contributed by atoms with van der Waals surface area (Å²) in [6.45, 7) is 7.39. The zero-order chi connectivity index (χ0) is 14.6. The van der Waals surface area contributed by atoms with Crippen molar-refractivity contribution in [1.29, 1.82) is 0 Å². The summed E-state index contributed by atoms with van der Waals surface area (Å²) in [6, 6.07) is 12.1. The molecule has 0 saturated heterocycles. The number of hydrogen-bond acceptors (Lipinski definition) is 3. The summed E-state index contributed by atoms with van der Waals surface area (Å²) in [5.41, 5.74) is 2.51. The van der Waals surface area contributed by atoms with Crippen LogP contribution >= 0.6 is 0 Å². The first kappa shape index (κ1) is 14.5. The van der Waals surface area contributed by atoms with Gasteiger partial charge in [0.2, 0.25) is 5.88 Å². The molecule has 0 saturated carbocycles. The van der Waals surface area contributed by atoms with Gasteiger partial charge in [0.1, 0.15) is 5.75 Å². The molecule has 1 N–H and O–H groups in total. The van der Waals surface area contributed by atoms with Crippen molar-refractivity contribution in [3.8, 4) is 11.6 Å². The summed E-state index contributed by atoms with van der Waals surface area (Å²) in [4.78, 5) is 4.32. The van der Waals surface area contributed by atoms with E-state index in [0.717, 1.165) is 17.9 Å². The van der Waals surface area contributed by atoms with Crippen molar-refractivity contribution in [2.45, 2.75) is 32.7 Å². The number of benzene rings is 1. The first-order valence-corrected chi connectivity index (χ1v) is 6.87. The van der Waals surface area contributed by atoms with E-state index in [1.54, 1.807) is 0 Å². The van der Waals surface area contributed by atoms with Crippen molar-refractivity contribution in [1.82, 2.24) is 10.3 Å². The lowest BCUT2D eigenvalue weighted by molar-refractivity contribution is 0.459. The molecule has 2 aromatic rings. The van der Waals surface area contributed by atoms with Gasteiger partial charge >= 0.3 is 0 Å². The number of nitrogens with zero attached hydrogens (tertiary/aromatic N) is 1. The molecule has 1 aromatic carbocycles. The largest absolute Gasteiger partial charge is 0.439 e. The van der Waals surface area contributed by atoms with Crippen molar-refractivity contribution in [2.75, 3.05) is 7.05 Å². The highest BCUT2D eigenvalue weighted by atomic mass is 16.5. The molecule has 1 heterocycles. The van der Waals surface area contributed by atoms with E-state index in [-0.39, 0.29) is 5.41 Å². The molecule has 0 radical (unpaired) electrons. The molecule has 2 rings (SSSR count). The fourth-order valence-electron chi connectivity index (χ4n) is 1.93. The lowest BCUT2D eigenvalue weighted by atomic mass is 9.87. The van der Waals surface area contributed by atoms with Crippen LogP contribution in [0.2, 0.25) is 0 Å². The van der Waals surface area contributed by atoms with E-state index in [4.69, 9.17) is 4.74 Å². The minimum absolute atomic E-state index is 0.115. The Bertz CT molecular complexity index is 556. The second kappa shape index (κ2) is 6.06. The van der Waals surface area contributed by atoms with Crippen LogP contribution in [0.25, 0.3) is 0 Å². The third kappa shape index (κ3) is 3.81. The average Bonchev–Trinajstić information content (AvgIpc) is 2.41. The Morgan fingerprint density at radius 2 is 1.95 bits per heavy atom. The van der Waals surface area contributed by atoms with E-state index >= 15 is 0 Å². The maximum atomic E-state index is 5.82. The molecule has 0 atom stereocenters. The maximum Gasteiger partial charge on any atom is 0.219 e. The normalized spacial score (nSPS) is 11.4. The van der Waals surface area contributed by atoms with Crippen LogP contribution in [-0.2, 0) is 12.0 Å². The van der Waals surface area contributed by atoms with Crippen molar-refractivity contribution in [2.24, 2.45) is 0 Å². The average molecular weight is 270 g/mol. The molecule has 3 heteroatoms. The molecule has 106 valence electrons. The van der Waals surface area contributed by atoms with Crippen molar-refractivity contribution < 1.29 is 4.74 Å². The van der Waals surface area contributed by atoms with E-state index in [9.17, 15) is 0 Å². The van der Waals surface area contributed by atoms with Crippen LogP contribution in [0.5, 0.6) is 11.6 Å². The fourth-order valence-corrected chi connectivity index (χ4v) is 1.93. The van der Waals surface area contributed by atoms with E-state index in [2.05, 4.69) is 43.2 Å². The number of aromatic nitrogens is 1. The molecular weight excluding hydrogens is 248 g/mol. The molecule has 3 nitrogen and oxygen atoms in total. The van der Waals surface area contributed by atoms with E-state index in [1.165, 1.54) is 5.56 Å². The van der Waals surface area contributed by atoms with Crippen LogP contribution in [0.15, 0.2) is 42.6 Å². The molecule has 0 spiro atoms. The standard InChI is InChI=1S/C17H22N2O/c1-17(2,3)14-6-5-7-15(10-14)20-16-9-8-13(11-18-4)12-19-16/h5-10,12,18H,11H2,1-4H3. The summed E-state index contributed by atoms with van der Waals surface area (Å²) >= 11 is 0. The molecule has 20 heavy (non-hydrogen) atoms. The maximum absolute atomic E-state index is 5.82. The highest BCUT2D eigenvalue weighted by molar-refractivity contribution is 5.35. The van der Waals surface area contributed by atoms with Crippen molar-refractivity contribution >= 4 is 0 Å². The lowest BCUT2D eigenvalue weighted by Gasteiger charge is -2.19. The van der Waals surface area contributed by atoms with E-state index < -0.39 is 0 Å². The van der Waals surface area contributed by atoms with Gasteiger partial charge in [0, 0.05) is 18.8 Å². The number of rotatable bonds is 4.